The average Bonchev–Trinajstić information content (AvgIpc) is 3.21. The van der Waals surface area contributed by atoms with E-state index in [9.17, 15) is 0 Å². The standard InChI is InChI=1S/C17H25N5O.HI/c1-15(2)14-20-17(19-10-7-16-6-3-13-23-16)18-8-4-11-22-12-5-9-21-22;/h3,5-6,9,12-13H,1,4,7-8,10-11,14H2,2H3,(H2,18,19,20);1H. The van der Waals surface area contributed by atoms with E-state index in [-0.39, 0.29) is 24.0 Å². The zero-order valence-corrected chi connectivity index (χ0v) is 16.4. The summed E-state index contributed by atoms with van der Waals surface area (Å²) in [4.78, 5) is 4.52. The van der Waals surface area contributed by atoms with Crippen molar-refractivity contribution < 1.29 is 4.42 Å². The van der Waals surface area contributed by atoms with Crippen LogP contribution in [0.1, 0.15) is 19.1 Å². The van der Waals surface area contributed by atoms with Gasteiger partial charge in [-0.15, -0.1) is 24.0 Å². The second kappa shape index (κ2) is 11.7. The lowest BCUT2D eigenvalue weighted by Gasteiger charge is -2.12. The van der Waals surface area contributed by atoms with Crippen molar-refractivity contribution in [2.45, 2.75) is 26.3 Å². The highest BCUT2D eigenvalue weighted by Crippen LogP contribution is 1.99. The molecule has 0 bridgehead atoms. The number of aliphatic imine (C=N–C) groups is 1. The molecule has 2 aromatic rings. The van der Waals surface area contributed by atoms with E-state index in [1.54, 1.807) is 12.5 Å². The highest BCUT2D eigenvalue weighted by atomic mass is 127. The maximum Gasteiger partial charge on any atom is 0.191 e. The number of nitrogens with zero attached hydrogens (tertiary/aromatic N) is 3. The predicted molar refractivity (Wildman–Crippen MR) is 108 cm³/mol. The third kappa shape index (κ3) is 8.19. The summed E-state index contributed by atoms with van der Waals surface area (Å²) in [5, 5.41) is 10.9. The number of furan rings is 1. The third-order valence-electron chi connectivity index (χ3n) is 3.17. The Kier molecular flexibility index (Phi) is 9.90. The van der Waals surface area contributed by atoms with Gasteiger partial charge in [-0.05, 0) is 31.5 Å². The van der Waals surface area contributed by atoms with Crippen LogP contribution in [0.4, 0.5) is 0 Å². The lowest BCUT2D eigenvalue weighted by molar-refractivity contribution is 0.506. The highest BCUT2D eigenvalue weighted by Gasteiger charge is 2.00. The number of nitrogens with one attached hydrogen (secondary N) is 2. The van der Waals surface area contributed by atoms with Gasteiger partial charge in [0.25, 0.3) is 0 Å². The minimum Gasteiger partial charge on any atom is -0.469 e. The Morgan fingerprint density at radius 2 is 2.17 bits per heavy atom. The molecule has 6 nitrogen and oxygen atoms in total. The molecule has 0 aromatic carbocycles. The predicted octanol–water partition coefficient (Wildman–Crippen LogP) is 2.84. The third-order valence-corrected chi connectivity index (χ3v) is 3.17. The molecule has 0 radical (unpaired) electrons. The fourth-order valence-corrected chi connectivity index (χ4v) is 2.03. The van der Waals surface area contributed by atoms with Gasteiger partial charge in [0.2, 0.25) is 0 Å². The topological polar surface area (TPSA) is 67.4 Å². The van der Waals surface area contributed by atoms with Crippen molar-refractivity contribution >= 4 is 29.9 Å². The van der Waals surface area contributed by atoms with Gasteiger partial charge in [0.15, 0.2) is 5.96 Å². The number of rotatable bonds is 9. The van der Waals surface area contributed by atoms with Crippen molar-refractivity contribution in [1.82, 2.24) is 20.4 Å². The Morgan fingerprint density at radius 1 is 1.33 bits per heavy atom. The Hall–Kier alpha value is -1.77. The number of hydrogen-bond acceptors (Lipinski definition) is 3. The molecule has 0 spiro atoms. The maximum absolute atomic E-state index is 5.33. The van der Waals surface area contributed by atoms with Crippen LogP contribution in [-0.2, 0) is 13.0 Å². The Bertz CT molecular complexity index is 593. The first-order valence-electron chi connectivity index (χ1n) is 7.90. The molecule has 132 valence electrons. The van der Waals surface area contributed by atoms with Gasteiger partial charge in [-0.3, -0.25) is 4.68 Å². The molecule has 0 saturated heterocycles. The van der Waals surface area contributed by atoms with E-state index < -0.39 is 0 Å². The van der Waals surface area contributed by atoms with Crippen molar-refractivity contribution in [3.05, 3.63) is 54.8 Å². The van der Waals surface area contributed by atoms with Crippen molar-refractivity contribution in [2.24, 2.45) is 4.99 Å². The van der Waals surface area contributed by atoms with Crippen LogP contribution in [0.25, 0.3) is 0 Å². The molecule has 2 rings (SSSR count). The minimum atomic E-state index is 0. The maximum atomic E-state index is 5.33. The van der Waals surface area contributed by atoms with Crippen LogP contribution in [0.15, 0.2) is 58.4 Å². The Morgan fingerprint density at radius 3 is 2.83 bits per heavy atom. The summed E-state index contributed by atoms with van der Waals surface area (Å²) in [7, 11) is 0. The SMILES string of the molecule is C=C(C)CN=C(NCCCn1cccn1)NCCc1ccco1.I. The van der Waals surface area contributed by atoms with Gasteiger partial charge in [0, 0.05) is 38.4 Å². The van der Waals surface area contributed by atoms with Gasteiger partial charge < -0.3 is 15.1 Å². The molecule has 7 heteroatoms. The number of hydrogen-bond donors (Lipinski definition) is 2. The van der Waals surface area contributed by atoms with Gasteiger partial charge in [-0.2, -0.15) is 5.10 Å². The van der Waals surface area contributed by atoms with E-state index >= 15 is 0 Å². The van der Waals surface area contributed by atoms with E-state index in [4.69, 9.17) is 4.42 Å². The van der Waals surface area contributed by atoms with Crippen LogP contribution >= 0.6 is 24.0 Å². The lowest BCUT2D eigenvalue weighted by atomic mass is 10.3. The monoisotopic (exact) mass is 443 g/mol. The van der Waals surface area contributed by atoms with Crippen LogP contribution in [-0.4, -0.2) is 35.4 Å². The molecular formula is C17H26IN5O. The van der Waals surface area contributed by atoms with Crippen LogP contribution in [0.3, 0.4) is 0 Å². The molecule has 0 aliphatic carbocycles. The fourth-order valence-electron chi connectivity index (χ4n) is 2.03. The van der Waals surface area contributed by atoms with Crippen molar-refractivity contribution in [3.63, 3.8) is 0 Å². The number of halogens is 1. The molecule has 0 atom stereocenters. The summed E-state index contributed by atoms with van der Waals surface area (Å²) in [6, 6.07) is 5.81. The second-order valence-electron chi connectivity index (χ2n) is 5.43. The van der Waals surface area contributed by atoms with E-state index in [1.165, 1.54) is 0 Å². The summed E-state index contributed by atoms with van der Waals surface area (Å²) in [5.74, 6) is 1.77. The lowest BCUT2D eigenvalue weighted by Crippen LogP contribution is -2.39. The number of aromatic nitrogens is 2. The molecule has 0 aliphatic rings. The first-order chi connectivity index (χ1) is 11.2. The van der Waals surface area contributed by atoms with Gasteiger partial charge >= 0.3 is 0 Å². The molecule has 24 heavy (non-hydrogen) atoms. The first kappa shape index (κ1) is 20.3. The van der Waals surface area contributed by atoms with Crippen LogP contribution < -0.4 is 10.6 Å². The van der Waals surface area contributed by atoms with E-state index in [2.05, 4.69) is 27.3 Å². The normalized spacial score (nSPS) is 11.0. The average molecular weight is 443 g/mol. The molecule has 0 amide bonds. The summed E-state index contributed by atoms with van der Waals surface area (Å²) in [5.41, 5.74) is 1.04. The van der Waals surface area contributed by atoms with Crippen molar-refractivity contribution in [1.29, 1.82) is 0 Å². The van der Waals surface area contributed by atoms with Gasteiger partial charge in [0.1, 0.15) is 5.76 Å². The zero-order valence-electron chi connectivity index (χ0n) is 14.1. The largest absolute Gasteiger partial charge is 0.469 e. The van der Waals surface area contributed by atoms with Gasteiger partial charge in [-0.1, -0.05) is 12.2 Å². The Balaban J connectivity index is 0.00000288. The number of guanidine groups is 1. The summed E-state index contributed by atoms with van der Waals surface area (Å²) >= 11 is 0. The summed E-state index contributed by atoms with van der Waals surface area (Å²) in [6.07, 6.45) is 7.27. The highest BCUT2D eigenvalue weighted by molar-refractivity contribution is 14.0. The van der Waals surface area contributed by atoms with E-state index in [1.807, 2.05) is 36.0 Å². The molecule has 0 saturated carbocycles. The molecular weight excluding hydrogens is 417 g/mol. The molecule has 2 heterocycles. The quantitative estimate of drug-likeness (QED) is 0.206. The van der Waals surface area contributed by atoms with Crippen molar-refractivity contribution in [2.75, 3.05) is 19.6 Å². The zero-order chi connectivity index (χ0) is 16.3. The molecule has 2 aromatic heterocycles. The molecule has 2 N–H and O–H groups in total. The molecule has 0 unspecified atom stereocenters. The fraction of sp³-hybridized carbons (Fsp3) is 0.412. The van der Waals surface area contributed by atoms with E-state index in [0.29, 0.717) is 6.54 Å². The smallest absolute Gasteiger partial charge is 0.191 e. The van der Waals surface area contributed by atoms with Crippen LogP contribution in [0.5, 0.6) is 0 Å². The summed E-state index contributed by atoms with van der Waals surface area (Å²) < 4.78 is 7.26. The van der Waals surface area contributed by atoms with E-state index in [0.717, 1.165) is 49.8 Å². The van der Waals surface area contributed by atoms with Crippen LogP contribution in [0.2, 0.25) is 0 Å². The first-order valence-corrected chi connectivity index (χ1v) is 7.90. The molecule has 0 aliphatic heterocycles. The minimum absolute atomic E-state index is 0. The Labute approximate surface area is 160 Å². The van der Waals surface area contributed by atoms with Gasteiger partial charge in [0.05, 0.1) is 12.8 Å². The summed E-state index contributed by atoms with van der Waals surface area (Å²) in [6.45, 7) is 8.98. The molecule has 0 fully saturated rings. The van der Waals surface area contributed by atoms with Gasteiger partial charge in [-0.25, -0.2) is 4.99 Å². The van der Waals surface area contributed by atoms with Crippen LogP contribution in [0, 0.1) is 0 Å². The number of aryl methyl sites for hydroxylation is 1. The van der Waals surface area contributed by atoms with Crippen molar-refractivity contribution in [3.8, 4) is 0 Å². The second-order valence-corrected chi connectivity index (χ2v) is 5.43.